The summed E-state index contributed by atoms with van der Waals surface area (Å²) in [6.45, 7) is 0.269. The molecule has 0 atom stereocenters. The van der Waals surface area contributed by atoms with Crippen LogP contribution in [0.5, 0.6) is 0 Å². The third-order valence-electron chi connectivity index (χ3n) is 5.50. The number of nitrogens with one attached hydrogen (secondary N) is 1. The van der Waals surface area contributed by atoms with Crippen LogP contribution in [0.4, 0.5) is 4.39 Å². The first-order valence-corrected chi connectivity index (χ1v) is 10.8. The Morgan fingerprint density at radius 1 is 0.818 bits per heavy atom. The average molecular weight is 445 g/mol. The van der Waals surface area contributed by atoms with E-state index < -0.39 is 17.1 Å². The lowest BCUT2D eigenvalue weighted by atomic mass is 10.1. The lowest BCUT2D eigenvalue weighted by Gasteiger charge is -2.14. The van der Waals surface area contributed by atoms with E-state index in [9.17, 15) is 18.8 Å². The lowest BCUT2D eigenvalue weighted by molar-refractivity contribution is -0.121. The Morgan fingerprint density at radius 2 is 1.52 bits per heavy atom. The maximum Gasteiger partial charge on any atom is 0.332 e. The number of carbonyl (C=O) groups excluding carboxylic acids is 1. The van der Waals surface area contributed by atoms with Crippen LogP contribution in [-0.4, -0.2) is 21.6 Å². The second-order valence-electron chi connectivity index (χ2n) is 7.84. The summed E-state index contributed by atoms with van der Waals surface area (Å²) < 4.78 is 15.6. The summed E-state index contributed by atoms with van der Waals surface area (Å²) in [5.41, 5.74) is 1.19. The van der Waals surface area contributed by atoms with Gasteiger partial charge >= 0.3 is 5.69 Å². The zero-order valence-electron chi connectivity index (χ0n) is 18.0. The molecule has 4 aromatic rings. The first-order chi connectivity index (χ1) is 16.0. The van der Waals surface area contributed by atoms with Crippen molar-refractivity contribution in [3.05, 3.63) is 117 Å². The summed E-state index contributed by atoms with van der Waals surface area (Å²) in [4.78, 5) is 38.8. The first-order valence-electron chi connectivity index (χ1n) is 10.8. The molecule has 1 heterocycles. The smallest absolute Gasteiger partial charge is 0.332 e. The van der Waals surface area contributed by atoms with E-state index in [1.54, 1.807) is 24.3 Å². The van der Waals surface area contributed by atoms with Crippen molar-refractivity contribution >= 4 is 16.8 Å². The molecule has 7 heteroatoms. The van der Waals surface area contributed by atoms with Crippen molar-refractivity contribution in [2.75, 3.05) is 6.54 Å². The predicted molar refractivity (Wildman–Crippen MR) is 126 cm³/mol. The molecule has 0 aliphatic rings. The number of aryl methyl sites for hydroxylation is 1. The van der Waals surface area contributed by atoms with Crippen LogP contribution in [0, 0.1) is 5.82 Å². The molecule has 0 aliphatic heterocycles. The van der Waals surface area contributed by atoms with Gasteiger partial charge in [-0.2, -0.15) is 0 Å². The summed E-state index contributed by atoms with van der Waals surface area (Å²) in [6, 6.07) is 22.3. The summed E-state index contributed by atoms with van der Waals surface area (Å²) in [7, 11) is 0. The van der Waals surface area contributed by atoms with E-state index in [0.29, 0.717) is 23.0 Å². The fourth-order valence-corrected chi connectivity index (χ4v) is 3.80. The highest BCUT2D eigenvalue weighted by Gasteiger charge is 2.15. The molecule has 0 fully saturated rings. The van der Waals surface area contributed by atoms with Gasteiger partial charge in [0.1, 0.15) is 12.4 Å². The average Bonchev–Trinajstić information content (AvgIpc) is 2.84. The maximum atomic E-state index is 13.2. The van der Waals surface area contributed by atoms with Crippen LogP contribution in [0.15, 0.2) is 88.5 Å². The van der Waals surface area contributed by atoms with Gasteiger partial charge in [-0.3, -0.25) is 18.7 Å². The van der Waals surface area contributed by atoms with Gasteiger partial charge in [-0.15, -0.1) is 0 Å². The van der Waals surface area contributed by atoms with Crippen molar-refractivity contribution in [3.63, 3.8) is 0 Å². The van der Waals surface area contributed by atoms with E-state index in [-0.39, 0.29) is 19.0 Å². The number of halogens is 1. The van der Waals surface area contributed by atoms with Crippen LogP contribution in [0.25, 0.3) is 10.9 Å². The Bertz CT molecular complexity index is 1380. The van der Waals surface area contributed by atoms with Crippen molar-refractivity contribution in [3.8, 4) is 0 Å². The van der Waals surface area contributed by atoms with Gasteiger partial charge in [-0.1, -0.05) is 54.6 Å². The molecule has 168 valence electrons. The molecule has 3 aromatic carbocycles. The molecule has 33 heavy (non-hydrogen) atoms. The maximum absolute atomic E-state index is 13.2. The Hall–Kier alpha value is -4.00. The highest BCUT2D eigenvalue weighted by Crippen LogP contribution is 2.09. The molecular formula is C26H24FN3O3. The summed E-state index contributed by atoms with van der Waals surface area (Å²) in [5, 5.41) is 3.20. The van der Waals surface area contributed by atoms with Crippen molar-refractivity contribution in [1.82, 2.24) is 14.5 Å². The standard InChI is InChI=1S/C26H24FN3O3/c27-21-14-12-20(13-15-21)17-30-25(32)22-10-4-5-11-23(22)29(26(30)33)18-24(31)28-16-6-9-19-7-2-1-3-8-19/h1-5,7-8,10-15H,6,9,16-18H2,(H,28,31). The van der Waals surface area contributed by atoms with Crippen LogP contribution in [0.2, 0.25) is 0 Å². The van der Waals surface area contributed by atoms with Gasteiger partial charge in [0.15, 0.2) is 0 Å². The molecule has 0 saturated carbocycles. The Balaban J connectivity index is 1.54. The molecule has 1 amide bonds. The molecular weight excluding hydrogens is 421 g/mol. The fraction of sp³-hybridized carbons (Fsp3) is 0.192. The van der Waals surface area contributed by atoms with Gasteiger partial charge in [0.2, 0.25) is 5.91 Å². The minimum absolute atomic E-state index is 0.0124. The molecule has 1 N–H and O–H groups in total. The van der Waals surface area contributed by atoms with E-state index in [0.717, 1.165) is 17.4 Å². The van der Waals surface area contributed by atoms with Crippen LogP contribution < -0.4 is 16.6 Å². The van der Waals surface area contributed by atoms with Crippen molar-refractivity contribution in [1.29, 1.82) is 0 Å². The number of aromatic nitrogens is 2. The number of hydrogen-bond acceptors (Lipinski definition) is 3. The molecule has 0 bridgehead atoms. The summed E-state index contributed by atoms with van der Waals surface area (Å²) in [5.74, 6) is -0.701. The van der Waals surface area contributed by atoms with Crippen LogP contribution in [0.1, 0.15) is 17.5 Å². The van der Waals surface area contributed by atoms with Crippen LogP contribution in [-0.2, 0) is 24.3 Å². The molecule has 4 rings (SSSR count). The Morgan fingerprint density at radius 3 is 2.27 bits per heavy atom. The number of nitrogens with zero attached hydrogens (tertiary/aromatic N) is 2. The molecule has 0 spiro atoms. The summed E-state index contributed by atoms with van der Waals surface area (Å²) >= 11 is 0. The second kappa shape index (κ2) is 10.1. The molecule has 1 aromatic heterocycles. The molecule has 0 unspecified atom stereocenters. The number of fused-ring (bicyclic) bond motifs is 1. The minimum atomic E-state index is -0.581. The minimum Gasteiger partial charge on any atom is -0.355 e. The van der Waals surface area contributed by atoms with Crippen LogP contribution in [0.3, 0.4) is 0 Å². The van der Waals surface area contributed by atoms with E-state index >= 15 is 0 Å². The number of amides is 1. The van der Waals surface area contributed by atoms with Gasteiger partial charge in [-0.25, -0.2) is 9.18 Å². The molecule has 6 nitrogen and oxygen atoms in total. The van der Waals surface area contributed by atoms with Crippen molar-refractivity contribution in [2.45, 2.75) is 25.9 Å². The number of carbonyl (C=O) groups is 1. The van der Waals surface area contributed by atoms with E-state index in [1.807, 2.05) is 30.3 Å². The van der Waals surface area contributed by atoms with E-state index in [1.165, 1.54) is 34.4 Å². The largest absolute Gasteiger partial charge is 0.355 e. The zero-order valence-corrected chi connectivity index (χ0v) is 18.0. The number of para-hydroxylation sites is 1. The highest BCUT2D eigenvalue weighted by molar-refractivity contribution is 5.81. The SMILES string of the molecule is O=C(Cn1c(=O)n(Cc2ccc(F)cc2)c(=O)c2ccccc21)NCCCc1ccccc1. The van der Waals surface area contributed by atoms with Crippen LogP contribution >= 0.6 is 0 Å². The fourth-order valence-electron chi connectivity index (χ4n) is 3.80. The molecule has 0 saturated heterocycles. The molecule has 0 radical (unpaired) electrons. The van der Waals surface area contributed by atoms with E-state index in [4.69, 9.17) is 0 Å². The quantitative estimate of drug-likeness (QED) is 0.424. The Labute approximate surface area is 189 Å². The monoisotopic (exact) mass is 445 g/mol. The van der Waals surface area contributed by atoms with Gasteiger partial charge in [0.25, 0.3) is 5.56 Å². The molecule has 0 aliphatic carbocycles. The van der Waals surface area contributed by atoms with Gasteiger partial charge in [0.05, 0.1) is 17.4 Å². The second-order valence-corrected chi connectivity index (χ2v) is 7.84. The van der Waals surface area contributed by atoms with Gasteiger partial charge < -0.3 is 5.32 Å². The topological polar surface area (TPSA) is 73.1 Å². The van der Waals surface area contributed by atoms with E-state index in [2.05, 4.69) is 5.32 Å². The number of rotatable bonds is 8. The Kier molecular flexibility index (Phi) is 6.78. The van der Waals surface area contributed by atoms with Gasteiger partial charge in [0, 0.05) is 6.54 Å². The first kappa shape index (κ1) is 22.2. The third kappa shape index (κ3) is 5.26. The van der Waals surface area contributed by atoms with Crippen molar-refractivity contribution < 1.29 is 9.18 Å². The number of hydrogen-bond donors (Lipinski definition) is 1. The van der Waals surface area contributed by atoms with Gasteiger partial charge in [-0.05, 0) is 48.2 Å². The van der Waals surface area contributed by atoms with Crippen molar-refractivity contribution in [2.24, 2.45) is 0 Å². The highest BCUT2D eigenvalue weighted by atomic mass is 19.1. The normalized spacial score (nSPS) is 10.9. The number of benzene rings is 3. The lowest BCUT2D eigenvalue weighted by Crippen LogP contribution is -2.43. The summed E-state index contributed by atoms with van der Waals surface area (Å²) in [6.07, 6.45) is 1.61. The predicted octanol–water partition coefficient (Wildman–Crippen LogP) is 3.10. The third-order valence-corrected chi connectivity index (χ3v) is 5.50. The zero-order chi connectivity index (χ0) is 23.2.